The van der Waals surface area contributed by atoms with Gasteiger partial charge in [0.25, 0.3) is 0 Å². The maximum atomic E-state index is 9.47. The highest BCUT2D eigenvalue weighted by Crippen LogP contribution is 2.29. The summed E-state index contributed by atoms with van der Waals surface area (Å²) in [4.78, 5) is 0. The number of halogens is 1. The van der Waals surface area contributed by atoms with E-state index < -0.39 is 0 Å². The van der Waals surface area contributed by atoms with Crippen LogP contribution in [-0.2, 0) is 6.61 Å². The van der Waals surface area contributed by atoms with Gasteiger partial charge < -0.3 is 5.11 Å². The zero-order valence-electron chi connectivity index (χ0n) is 10.6. The van der Waals surface area contributed by atoms with E-state index in [-0.39, 0.29) is 6.61 Å². The van der Waals surface area contributed by atoms with Crippen molar-refractivity contribution in [2.75, 3.05) is 0 Å². The molecule has 1 aromatic heterocycles. The van der Waals surface area contributed by atoms with Crippen molar-refractivity contribution in [2.24, 2.45) is 0 Å². The van der Waals surface area contributed by atoms with Gasteiger partial charge in [0.05, 0.1) is 0 Å². The molecule has 0 saturated heterocycles. The van der Waals surface area contributed by atoms with Crippen molar-refractivity contribution in [1.82, 2.24) is 14.8 Å². The molecule has 0 amide bonds. The van der Waals surface area contributed by atoms with E-state index in [1.54, 1.807) is 0 Å². The van der Waals surface area contributed by atoms with Gasteiger partial charge in [-0.1, -0.05) is 52.3 Å². The van der Waals surface area contributed by atoms with Crippen molar-refractivity contribution in [3.8, 4) is 17.1 Å². The topological polar surface area (TPSA) is 50.9 Å². The van der Waals surface area contributed by atoms with E-state index >= 15 is 0 Å². The molecule has 2 aromatic carbocycles. The molecule has 0 aliphatic carbocycles. The van der Waals surface area contributed by atoms with E-state index in [2.05, 4.69) is 26.1 Å². The summed E-state index contributed by atoms with van der Waals surface area (Å²) in [6, 6.07) is 17.6. The fourth-order valence-corrected chi connectivity index (χ4v) is 2.55. The highest BCUT2D eigenvalue weighted by atomic mass is 79.9. The average Bonchev–Trinajstić information content (AvgIpc) is 2.92. The van der Waals surface area contributed by atoms with Crippen LogP contribution in [0.25, 0.3) is 17.1 Å². The van der Waals surface area contributed by atoms with E-state index in [4.69, 9.17) is 0 Å². The second-order valence-corrected chi connectivity index (χ2v) is 5.10. The Balaban J connectivity index is 2.24. The van der Waals surface area contributed by atoms with Gasteiger partial charge in [-0.25, -0.2) is 0 Å². The molecule has 5 heteroatoms. The molecular formula is C15H12BrN3O. The lowest BCUT2D eigenvalue weighted by molar-refractivity contribution is 0.269. The van der Waals surface area contributed by atoms with E-state index in [1.165, 1.54) is 0 Å². The molecule has 3 rings (SSSR count). The molecule has 0 bridgehead atoms. The third-order valence-electron chi connectivity index (χ3n) is 3.00. The third-order valence-corrected chi connectivity index (χ3v) is 3.69. The lowest BCUT2D eigenvalue weighted by Crippen LogP contribution is -2.03. The van der Waals surface area contributed by atoms with Crippen LogP contribution in [0.2, 0.25) is 0 Å². The van der Waals surface area contributed by atoms with Gasteiger partial charge in [-0.3, -0.25) is 4.57 Å². The SMILES string of the molecule is OCc1nnc(-c2ccccc2Br)n1-c1ccccc1. The van der Waals surface area contributed by atoms with Gasteiger partial charge in [-0.2, -0.15) is 0 Å². The summed E-state index contributed by atoms with van der Waals surface area (Å²) in [5.41, 5.74) is 1.86. The first-order chi connectivity index (χ1) is 9.81. The van der Waals surface area contributed by atoms with Gasteiger partial charge in [0.1, 0.15) is 6.61 Å². The van der Waals surface area contributed by atoms with Crippen molar-refractivity contribution in [3.63, 3.8) is 0 Å². The van der Waals surface area contributed by atoms with Crippen molar-refractivity contribution in [1.29, 1.82) is 0 Å². The Bertz CT molecular complexity index is 725. The molecule has 0 aliphatic rings. The number of para-hydroxylation sites is 1. The standard InChI is InChI=1S/C15H12BrN3O/c16-13-9-5-4-8-12(13)15-18-17-14(10-20)19(15)11-6-2-1-3-7-11/h1-9,20H,10H2. The van der Waals surface area contributed by atoms with Gasteiger partial charge in [-0.05, 0) is 18.2 Å². The van der Waals surface area contributed by atoms with Gasteiger partial charge in [-0.15, -0.1) is 10.2 Å². The number of hydrogen-bond acceptors (Lipinski definition) is 3. The summed E-state index contributed by atoms with van der Waals surface area (Å²) in [5.74, 6) is 1.22. The molecule has 20 heavy (non-hydrogen) atoms. The van der Waals surface area contributed by atoms with Crippen molar-refractivity contribution < 1.29 is 5.11 Å². The lowest BCUT2D eigenvalue weighted by atomic mass is 10.2. The van der Waals surface area contributed by atoms with Gasteiger partial charge in [0.2, 0.25) is 0 Å². The van der Waals surface area contributed by atoms with Crippen LogP contribution in [0.3, 0.4) is 0 Å². The number of aromatic nitrogens is 3. The second kappa shape index (κ2) is 5.56. The first kappa shape index (κ1) is 13.0. The molecule has 0 aliphatic heterocycles. The molecular weight excluding hydrogens is 318 g/mol. The molecule has 1 heterocycles. The first-order valence-corrected chi connectivity index (χ1v) is 6.96. The van der Waals surface area contributed by atoms with Crippen molar-refractivity contribution in [3.05, 3.63) is 64.9 Å². The molecule has 4 nitrogen and oxygen atoms in total. The molecule has 0 unspecified atom stereocenters. The van der Waals surface area contributed by atoms with Crippen molar-refractivity contribution >= 4 is 15.9 Å². The monoisotopic (exact) mass is 329 g/mol. The Morgan fingerprint density at radius 3 is 2.35 bits per heavy atom. The van der Waals surface area contributed by atoms with Crippen LogP contribution >= 0.6 is 15.9 Å². The lowest BCUT2D eigenvalue weighted by Gasteiger charge is -2.10. The van der Waals surface area contributed by atoms with Crippen LogP contribution in [-0.4, -0.2) is 19.9 Å². The Kier molecular flexibility index (Phi) is 3.62. The number of aliphatic hydroxyl groups is 1. The van der Waals surface area contributed by atoms with Crippen LogP contribution in [0.4, 0.5) is 0 Å². The van der Waals surface area contributed by atoms with E-state index in [0.717, 1.165) is 15.7 Å². The Hall–Kier alpha value is -1.98. The smallest absolute Gasteiger partial charge is 0.169 e. The maximum Gasteiger partial charge on any atom is 0.169 e. The number of benzene rings is 2. The zero-order chi connectivity index (χ0) is 13.9. The quantitative estimate of drug-likeness (QED) is 0.802. The van der Waals surface area contributed by atoms with E-state index in [0.29, 0.717) is 11.6 Å². The fraction of sp³-hybridized carbons (Fsp3) is 0.0667. The van der Waals surface area contributed by atoms with Crippen LogP contribution in [0.15, 0.2) is 59.1 Å². The molecule has 100 valence electrons. The summed E-state index contributed by atoms with van der Waals surface area (Å²) >= 11 is 3.53. The van der Waals surface area contributed by atoms with Crippen LogP contribution in [0.1, 0.15) is 5.82 Å². The number of rotatable bonds is 3. The molecule has 0 atom stereocenters. The molecule has 3 aromatic rings. The average molecular weight is 330 g/mol. The molecule has 0 radical (unpaired) electrons. The zero-order valence-corrected chi connectivity index (χ0v) is 12.2. The normalized spacial score (nSPS) is 10.7. The third kappa shape index (κ3) is 2.26. The molecule has 0 saturated carbocycles. The van der Waals surface area contributed by atoms with Crippen LogP contribution < -0.4 is 0 Å². The number of aliphatic hydroxyl groups excluding tert-OH is 1. The van der Waals surface area contributed by atoms with E-state index in [9.17, 15) is 5.11 Å². The Morgan fingerprint density at radius 2 is 1.65 bits per heavy atom. The van der Waals surface area contributed by atoms with Gasteiger partial charge >= 0.3 is 0 Å². The summed E-state index contributed by atoms with van der Waals surface area (Å²) in [5, 5.41) is 17.8. The predicted molar refractivity (Wildman–Crippen MR) is 80.4 cm³/mol. The minimum atomic E-state index is -0.160. The highest BCUT2D eigenvalue weighted by Gasteiger charge is 2.16. The predicted octanol–water partition coefficient (Wildman–Crippen LogP) is 3.19. The van der Waals surface area contributed by atoms with E-state index in [1.807, 2.05) is 59.2 Å². The molecule has 0 spiro atoms. The summed E-state index contributed by atoms with van der Waals surface area (Å²) in [6.07, 6.45) is 0. The second-order valence-electron chi connectivity index (χ2n) is 4.25. The largest absolute Gasteiger partial charge is 0.388 e. The minimum absolute atomic E-state index is 0.160. The highest BCUT2D eigenvalue weighted by molar-refractivity contribution is 9.10. The van der Waals surface area contributed by atoms with Gasteiger partial charge in [0, 0.05) is 15.7 Å². The van der Waals surface area contributed by atoms with Crippen LogP contribution in [0, 0.1) is 0 Å². The number of hydrogen-bond donors (Lipinski definition) is 1. The van der Waals surface area contributed by atoms with Gasteiger partial charge in [0.15, 0.2) is 11.6 Å². The Morgan fingerprint density at radius 1 is 0.950 bits per heavy atom. The summed E-state index contributed by atoms with van der Waals surface area (Å²) in [7, 11) is 0. The van der Waals surface area contributed by atoms with Crippen molar-refractivity contribution in [2.45, 2.75) is 6.61 Å². The number of nitrogens with zero attached hydrogens (tertiary/aromatic N) is 3. The Labute approximate surface area is 124 Å². The van der Waals surface area contributed by atoms with Crippen LogP contribution in [0.5, 0.6) is 0 Å². The summed E-state index contributed by atoms with van der Waals surface area (Å²) < 4.78 is 2.80. The minimum Gasteiger partial charge on any atom is -0.388 e. The summed E-state index contributed by atoms with van der Waals surface area (Å²) in [6.45, 7) is -0.160. The maximum absolute atomic E-state index is 9.47. The first-order valence-electron chi connectivity index (χ1n) is 6.16. The molecule has 1 N–H and O–H groups in total. The fourth-order valence-electron chi connectivity index (χ4n) is 2.08. The molecule has 0 fully saturated rings.